The molecular weight excluding hydrogens is 358 g/mol. The molecule has 0 aliphatic carbocycles. The smallest absolute Gasteiger partial charge is 0.136 e. The van der Waals surface area contributed by atoms with E-state index in [2.05, 4.69) is 90.4 Å². The Morgan fingerprint density at radius 1 is 1.14 bits per heavy atom. The van der Waals surface area contributed by atoms with E-state index in [1.54, 1.807) is 0 Å². The van der Waals surface area contributed by atoms with Crippen molar-refractivity contribution in [2.45, 2.75) is 13.8 Å². The lowest BCUT2D eigenvalue weighted by Crippen LogP contribution is -2.43. The fraction of sp³-hybridized carbons (Fsp3) is 0.280. The summed E-state index contributed by atoms with van der Waals surface area (Å²) < 4.78 is 6.22. The van der Waals surface area contributed by atoms with E-state index in [-0.39, 0.29) is 0 Å². The third-order valence-electron chi connectivity index (χ3n) is 5.97. The van der Waals surface area contributed by atoms with E-state index in [9.17, 15) is 0 Å². The highest BCUT2D eigenvalue weighted by Gasteiger charge is 2.26. The third-order valence-corrected chi connectivity index (χ3v) is 5.97. The first-order valence-corrected chi connectivity index (χ1v) is 10.4. The van der Waals surface area contributed by atoms with E-state index in [0.29, 0.717) is 5.92 Å². The van der Waals surface area contributed by atoms with Crippen molar-refractivity contribution in [2.24, 2.45) is 5.92 Å². The number of anilines is 1. The van der Waals surface area contributed by atoms with Gasteiger partial charge in [-0.15, -0.1) is 0 Å². The van der Waals surface area contributed by atoms with Crippen molar-refractivity contribution < 1.29 is 4.74 Å². The average molecular weight is 386 g/mol. The second kappa shape index (κ2) is 7.12. The Kier molecular flexibility index (Phi) is 4.44. The molecule has 4 heterocycles. The molecule has 1 aromatic carbocycles. The van der Waals surface area contributed by atoms with Crippen LogP contribution in [0.5, 0.6) is 5.75 Å². The molecule has 1 fully saturated rings. The standard InChI is InChI=1S/C25H27N3O/c1-17-4-6-21-12-18(2)24(16-28(21)15-17)23-13-20-5-7-22(14-25(20)29-19(23)3)27-10-8-26-9-11-27/h4-7,12-16,18,26H,3,8-11H2,1-2H3. The zero-order chi connectivity index (χ0) is 20.0. The minimum Gasteiger partial charge on any atom is -0.457 e. The maximum atomic E-state index is 6.22. The van der Waals surface area contributed by atoms with E-state index >= 15 is 0 Å². The van der Waals surface area contributed by atoms with Crippen LogP contribution >= 0.6 is 0 Å². The SMILES string of the molecule is C=C1Oc2cc(N3CCNCC3)ccc2C=C1C1=CN2C=C(C)C=CC2=CC1C. The Labute approximate surface area is 172 Å². The largest absolute Gasteiger partial charge is 0.457 e. The number of hydrogen-bond acceptors (Lipinski definition) is 4. The van der Waals surface area contributed by atoms with Crippen LogP contribution in [0.15, 0.2) is 83.6 Å². The number of rotatable bonds is 2. The van der Waals surface area contributed by atoms with Crippen molar-refractivity contribution in [3.05, 3.63) is 89.1 Å². The van der Waals surface area contributed by atoms with Crippen LogP contribution in [-0.4, -0.2) is 31.1 Å². The molecule has 0 radical (unpaired) electrons. The topological polar surface area (TPSA) is 27.7 Å². The van der Waals surface area contributed by atoms with Gasteiger partial charge in [0.1, 0.15) is 11.5 Å². The molecule has 148 valence electrons. The molecule has 0 saturated carbocycles. The average Bonchev–Trinajstić information content (AvgIpc) is 2.73. The fourth-order valence-corrected chi connectivity index (χ4v) is 4.34. The first-order chi connectivity index (χ1) is 14.1. The van der Waals surface area contributed by atoms with E-state index in [4.69, 9.17) is 4.74 Å². The molecule has 0 bridgehead atoms. The highest BCUT2D eigenvalue weighted by Crippen LogP contribution is 2.41. The number of fused-ring (bicyclic) bond motifs is 2. The monoisotopic (exact) mass is 385 g/mol. The number of hydrogen-bond donors (Lipinski definition) is 1. The van der Waals surface area contributed by atoms with Crippen molar-refractivity contribution in [2.75, 3.05) is 31.1 Å². The number of benzene rings is 1. The maximum Gasteiger partial charge on any atom is 0.136 e. The number of piperazine rings is 1. The van der Waals surface area contributed by atoms with E-state index in [1.807, 2.05) is 0 Å². The lowest BCUT2D eigenvalue weighted by atomic mass is 9.87. The Hall–Kier alpha value is -2.98. The summed E-state index contributed by atoms with van der Waals surface area (Å²) in [5.74, 6) is 1.91. The molecule has 1 atom stereocenters. The molecule has 0 aromatic heterocycles. The second-order valence-corrected chi connectivity index (χ2v) is 8.12. The van der Waals surface area contributed by atoms with Gasteiger partial charge in [0.05, 0.1) is 0 Å². The molecule has 29 heavy (non-hydrogen) atoms. The van der Waals surface area contributed by atoms with E-state index in [0.717, 1.165) is 48.8 Å². The van der Waals surface area contributed by atoms with Gasteiger partial charge in [0.15, 0.2) is 0 Å². The number of ether oxygens (including phenoxy) is 1. The Balaban J connectivity index is 1.47. The lowest BCUT2D eigenvalue weighted by Gasteiger charge is -2.33. The predicted molar refractivity (Wildman–Crippen MR) is 119 cm³/mol. The van der Waals surface area contributed by atoms with Crippen molar-refractivity contribution in [3.8, 4) is 5.75 Å². The minimum atomic E-state index is 0.297. The van der Waals surface area contributed by atoms with Gasteiger partial charge in [-0.05, 0) is 42.4 Å². The molecule has 1 aromatic rings. The van der Waals surface area contributed by atoms with Gasteiger partial charge in [0.25, 0.3) is 0 Å². The Morgan fingerprint density at radius 3 is 2.79 bits per heavy atom. The fourth-order valence-electron chi connectivity index (χ4n) is 4.34. The van der Waals surface area contributed by atoms with Crippen molar-refractivity contribution >= 4 is 11.8 Å². The van der Waals surface area contributed by atoms with Gasteiger partial charge in [0.2, 0.25) is 0 Å². The quantitative estimate of drug-likeness (QED) is 0.807. The van der Waals surface area contributed by atoms with Crippen LogP contribution in [0.2, 0.25) is 0 Å². The van der Waals surface area contributed by atoms with Crippen LogP contribution in [0.1, 0.15) is 19.4 Å². The van der Waals surface area contributed by atoms with Gasteiger partial charge < -0.3 is 19.9 Å². The van der Waals surface area contributed by atoms with Gasteiger partial charge in [-0.3, -0.25) is 0 Å². The van der Waals surface area contributed by atoms with Crippen molar-refractivity contribution in [1.82, 2.24) is 10.2 Å². The zero-order valence-electron chi connectivity index (χ0n) is 17.1. The normalized spacial score (nSPS) is 23.4. The number of nitrogens with zero attached hydrogens (tertiary/aromatic N) is 2. The molecule has 1 N–H and O–H groups in total. The second-order valence-electron chi connectivity index (χ2n) is 8.12. The zero-order valence-corrected chi connectivity index (χ0v) is 17.1. The summed E-state index contributed by atoms with van der Waals surface area (Å²) in [4.78, 5) is 4.60. The van der Waals surface area contributed by atoms with Crippen LogP contribution in [0.3, 0.4) is 0 Å². The number of nitrogens with one attached hydrogen (secondary N) is 1. The van der Waals surface area contributed by atoms with Gasteiger partial charge in [-0.2, -0.15) is 0 Å². The highest BCUT2D eigenvalue weighted by molar-refractivity contribution is 5.74. The minimum absolute atomic E-state index is 0.297. The van der Waals surface area contributed by atoms with E-state index in [1.165, 1.54) is 22.5 Å². The molecule has 1 saturated heterocycles. The molecule has 4 heteroatoms. The Morgan fingerprint density at radius 2 is 1.97 bits per heavy atom. The summed E-state index contributed by atoms with van der Waals surface area (Å²) in [6, 6.07) is 6.52. The van der Waals surface area contributed by atoms with Crippen LogP contribution in [0, 0.1) is 5.92 Å². The lowest BCUT2D eigenvalue weighted by molar-refractivity contribution is 0.432. The molecule has 4 aliphatic heterocycles. The van der Waals surface area contributed by atoms with Gasteiger partial charge in [-0.1, -0.05) is 25.7 Å². The van der Waals surface area contributed by atoms with Crippen LogP contribution in [0.25, 0.3) is 6.08 Å². The molecule has 0 spiro atoms. The number of allylic oxidation sites excluding steroid dienone is 5. The van der Waals surface area contributed by atoms with Crippen molar-refractivity contribution in [1.29, 1.82) is 0 Å². The first kappa shape index (κ1) is 18.1. The van der Waals surface area contributed by atoms with Gasteiger partial charge in [0, 0.05) is 73.1 Å². The maximum absolute atomic E-state index is 6.22. The third kappa shape index (κ3) is 3.34. The molecule has 1 unspecified atom stereocenters. The predicted octanol–water partition coefficient (Wildman–Crippen LogP) is 4.58. The summed E-state index contributed by atoms with van der Waals surface area (Å²) in [5, 5.41) is 3.40. The summed E-state index contributed by atoms with van der Waals surface area (Å²) in [6.45, 7) is 12.7. The summed E-state index contributed by atoms with van der Waals surface area (Å²) in [7, 11) is 0. The summed E-state index contributed by atoms with van der Waals surface area (Å²) in [5.41, 5.74) is 7.10. The molecule has 5 rings (SSSR count). The molecular formula is C25H27N3O. The van der Waals surface area contributed by atoms with E-state index < -0.39 is 0 Å². The van der Waals surface area contributed by atoms with Crippen LogP contribution in [-0.2, 0) is 0 Å². The molecule has 4 nitrogen and oxygen atoms in total. The van der Waals surface area contributed by atoms with Crippen LogP contribution in [0.4, 0.5) is 5.69 Å². The highest BCUT2D eigenvalue weighted by atomic mass is 16.5. The summed E-state index contributed by atoms with van der Waals surface area (Å²) in [6.07, 6.45) is 13.2. The van der Waals surface area contributed by atoms with Crippen molar-refractivity contribution in [3.63, 3.8) is 0 Å². The van der Waals surface area contributed by atoms with Gasteiger partial charge >= 0.3 is 0 Å². The molecule has 0 amide bonds. The van der Waals surface area contributed by atoms with Gasteiger partial charge in [-0.25, -0.2) is 0 Å². The summed E-state index contributed by atoms with van der Waals surface area (Å²) >= 11 is 0. The van der Waals surface area contributed by atoms with Crippen LogP contribution < -0.4 is 15.0 Å². The Bertz CT molecular complexity index is 1020. The first-order valence-electron chi connectivity index (χ1n) is 10.4. The molecule has 4 aliphatic rings.